The van der Waals surface area contributed by atoms with Crippen molar-refractivity contribution in [2.24, 2.45) is 0 Å². The molecule has 0 aliphatic heterocycles. The molecule has 1 fully saturated rings. The molecule has 1 saturated carbocycles. The molecule has 1 aliphatic rings. The van der Waals surface area contributed by atoms with Crippen LogP contribution in [0.5, 0.6) is 0 Å². The second-order valence-corrected chi connectivity index (χ2v) is 7.37. The van der Waals surface area contributed by atoms with E-state index in [2.05, 4.69) is 10.2 Å². The molecule has 0 heterocycles. The van der Waals surface area contributed by atoms with E-state index in [0.717, 1.165) is 18.4 Å². The number of anilines is 1. The predicted molar refractivity (Wildman–Crippen MR) is 112 cm³/mol. The minimum Gasteiger partial charge on any atom is -0.339 e. The highest BCUT2D eigenvalue weighted by Gasteiger charge is 2.30. The third-order valence-corrected chi connectivity index (χ3v) is 5.18. The Morgan fingerprint density at radius 1 is 1.00 bits per heavy atom. The van der Waals surface area contributed by atoms with E-state index >= 15 is 0 Å². The van der Waals surface area contributed by atoms with Crippen LogP contribution in [0.25, 0.3) is 0 Å². The van der Waals surface area contributed by atoms with Gasteiger partial charge in [-0.05, 0) is 68.7 Å². The fraction of sp³-hybridized carbons (Fsp3) is 0.391. The van der Waals surface area contributed by atoms with Gasteiger partial charge in [0.25, 0.3) is 5.91 Å². The molecular weight excluding hydrogens is 369 g/mol. The van der Waals surface area contributed by atoms with E-state index in [1.54, 1.807) is 41.3 Å². The Kier molecular flexibility index (Phi) is 6.99. The van der Waals surface area contributed by atoms with Gasteiger partial charge in [-0.2, -0.15) is 0 Å². The van der Waals surface area contributed by atoms with Crippen molar-refractivity contribution >= 4 is 17.5 Å². The maximum Gasteiger partial charge on any atom is 0.253 e. The summed E-state index contributed by atoms with van der Waals surface area (Å²) >= 11 is 0. The van der Waals surface area contributed by atoms with Crippen LogP contribution in [0.1, 0.15) is 42.6 Å². The molecule has 1 aliphatic carbocycles. The zero-order valence-electron chi connectivity index (χ0n) is 17.0. The lowest BCUT2D eigenvalue weighted by atomic mass is 10.1. The summed E-state index contributed by atoms with van der Waals surface area (Å²) in [4.78, 5) is 28.8. The van der Waals surface area contributed by atoms with E-state index in [4.69, 9.17) is 0 Å². The highest BCUT2D eigenvalue weighted by Crippen LogP contribution is 2.28. The van der Waals surface area contributed by atoms with Crippen LogP contribution in [0, 0.1) is 5.82 Å². The lowest BCUT2D eigenvalue weighted by Crippen LogP contribution is -2.34. The van der Waals surface area contributed by atoms with Gasteiger partial charge in [-0.25, -0.2) is 4.39 Å². The second-order valence-electron chi connectivity index (χ2n) is 7.37. The largest absolute Gasteiger partial charge is 0.339 e. The molecule has 0 aromatic heterocycles. The molecule has 2 amide bonds. The molecule has 3 rings (SSSR count). The number of rotatable bonds is 9. The third-order valence-electron chi connectivity index (χ3n) is 5.18. The van der Waals surface area contributed by atoms with Crippen molar-refractivity contribution in [3.8, 4) is 0 Å². The van der Waals surface area contributed by atoms with Gasteiger partial charge in [0.15, 0.2) is 0 Å². The molecule has 0 bridgehead atoms. The average molecular weight is 397 g/mol. The van der Waals surface area contributed by atoms with E-state index in [-0.39, 0.29) is 24.2 Å². The summed E-state index contributed by atoms with van der Waals surface area (Å²) in [5.41, 5.74) is 2.27. The van der Waals surface area contributed by atoms with Crippen LogP contribution in [0.2, 0.25) is 0 Å². The first-order valence-electron chi connectivity index (χ1n) is 10.2. The topological polar surface area (TPSA) is 52.7 Å². The Bertz CT molecular complexity index is 828. The minimum atomic E-state index is -0.257. The summed E-state index contributed by atoms with van der Waals surface area (Å²) in [6, 6.07) is 13.8. The fourth-order valence-electron chi connectivity index (χ4n) is 3.35. The van der Waals surface area contributed by atoms with Gasteiger partial charge in [-0.3, -0.25) is 14.5 Å². The van der Waals surface area contributed by atoms with Crippen molar-refractivity contribution in [3.63, 3.8) is 0 Å². The van der Waals surface area contributed by atoms with Crippen molar-refractivity contribution in [1.82, 2.24) is 9.80 Å². The lowest BCUT2D eigenvalue weighted by Gasteiger charge is -2.21. The molecule has 0 saturated heterocycles. The maximum atomic E-state index is 13.1. The van der Waals surface area contributed by atoms with Gasteiger partial charge in [-0.15, -0.1) is 0 Å². The van der Waals surface area contributed by atoms with Gasteiger partial charge in [0.1, 0.15) is 5.82 Å². The average Bonchev–Trinajstić information content (AvgIpc) is 3.56. The van der Waals surface area contributed by atoms with E-state index in [1.165, 1.54) is 12.1 Å². The van der Waals surface area contributed by atoms with E-state index in [1.807, 2.05) is 13.8 Å². The molecule has 0 atom stereocenters. The molecule has 6 heteroatoms. The maximum absolute atomic E-state index is 13.1. The summed E-state index contributed by atoms with van der Waals surface area (Å²) in [6.07, 6.45) is 2.16. The first-order valence-corrected chi connectivity index (χ1v) is 10.2. The molecule has 2 aromatic carbocycles. The number of benzene rings is 2. The fourth-order valence-corrected chi connectivity index (χ4v) is 3.35. The molecule has 1 N–H and O–H groups in total. The summed E-state index contributed by atoms with van der Waals surface area (Å²) < 4.78 is 13.1. The number of carbonyl (C=O) groups is 2. The van der Waals surface area contributed by atoms with Crippen LogP contribution < -0.4 is 5.32 Å². The Hall–Kier alpha value is -2.73. The normalized spacial score (nSPS) is 13.4. The molecule has 0 radical (unpaired) electrons. The van der Waals surface area contributed by atoms with Crippen molar-refractivity contribution in [2.75, 3.05) is 25.0 Å². The van der Waals surface area contributed by atoms with E-state index < -0.39 is 0 Å². The van der Waals surface area contributed by atoms with Gasteiger partial charge < -0.3 is 10.2 Å². The molecule has 0 spiro atoms. The first-order chi connectivity index (χ1) is 14.0. The predicted octanol–water partition coefficient (Wildman–Crippen LogP) is 3.91. The number of halogens is 1. The monoisotopic (exact) mass is 397 g/mol. The molecule has 29 heavy (non-hydrogen) atoms. The van der Waals surface area contributed by atoms with Crippen LogP contribution in [-0.2, 0) is 11.3 Å². The summed E-state index contributed by atoms with van der Waals surface area (Å²) in [5, 5.41) is 2.91. The Morgan fingerprint density at radius 2 is 1.62 bits per heavy atom. The zero-order valence-corrected chi connectivity index (χ0v) is 17.0. The quantitative estimate of drug-likeness (QED) is 0.698. The smallest absolute Gasteiger partial charge is 0.253 e. The molecule has 0 unspecified atom stereocenters. The SMILES string of the molecule is CCN(CC)C(=O)c1ccc(NC(=O)CN(Cc2ccc(F)cc2)C2CC2)cc1. The van der Waals surface area contributed by atoms with Crippen molar-refractivity contribution in [1.29, 1.82) is 0 Å². The number of nitrogens with one attached hydrogen (secondary N) is 1. The second kappa shape index (κ2) is 9.65. The number of nitrogens with zero attached hydrogens (tertiary/aromatic N) is 2. The van der Waals surface area contributed by atoms with Gasteiger partial charge in [0.05, 0.1) is 6.54 Å². The molecule has 2 aromatic rings. The lowest BCUT2D eigenvalue weighted by molar-refractivity contribution is -0.117. The Balaban J connectivity index is 1.57. The minimum absolute atomic E-state index is 0.00733. The van der Waals surface area contributed by atoms with Gasteiger partial charge in [0, 0.05) is 36.9 Å². The van der Waals surface area contributed by atoms with Crippen LogP contribution >= 0.6 is 0 Å². The standard InChI is InChI=1S/C23H28FN3O2/c1-3-26(4-2)23(29)18-7-11-20(12-8-18)25-22(28)16-27(21-13-14-21)15-17-5-9-19(24)10-6-17/h5-12,21H,3-4,13-16H2,1-2H3,(H,25,28). The molecule has 154 valence electrons. The first kappa shape index (κ1) is 21.0. The van der Waals surface area contributed by atoms with Gasteiger partial charge in [0.2, 0.25) is 5.91 Å². The van der Waals surface area contributed by atoms with Crippen LogP contribution in [-0.4, -0.2) is 47.3 Å². The number of hydrogen-bond acceptors (Lipinski definition) is 3. The summed E-state index contributed by atoms with van der Waals surface area (Å²) in [6.45, 7) is 6.14. The third kappa shape index (κ3) is 5.87. The van der Waals surface area contributed by atoms with Gasteiger partial charge in [-0.1, -0.05) is 12.1 Å². The van der Waals surface area contributed by atoms with Crippen LogP contribution in [0.4, 0.5) is 10.1 Å². The highest BCUT2D eigenvalue weighted by molar-refractivity contribution is 5.96. The zero-order chi connectivity index (χ0) is 20.8. The Morgan fingerprint density at radius 3 is 2.17 bits per heavy atom. The van der Waals surface area contributed by atoms with Crippen molar-refractivity contribution < 1.29 is 14.0 Å². The summed E-state index contributed by atoms with van der Waals surface area (Å²) in [5.74, 6) is -0.360. The summed E-state index contributed by atoms with van der Waals surface area (Å²) in [7, 11) is 0. The molecule has 5 nitrogen and oxygen atoms in total. The number of amides is 2. The van der Waals surface area contributed by atoms with Crippen molar-refractivity contribution in [3.05, 3.63) is 65.5 Å². The molecular formula is C23H28FN3O2. The number of hydrogen-bond donors (Lipinski definition) is 1. The van der Waals surface area contributed by atoms with Crippen LogP contribution in [0.15, 0.2) is 48.5 Å². The number of carbonyl (C=O) groups excluding carboxylic acids is 2. The van der Waals surface area contributed by atoms with Crippen LogP contribution in [0.3, 0.4) is 0 Å². The van der Waals surface area contributed by atoms with Gasteiger partial charge >= 0.3 is 0 Å². The van der Waals surface area contributed by atoms with E-state index in [9.17, 15) is 14.0 Å². The highest BCUT2D eigenvalue weighted by atomic mass is 19.1. The van der Waals surface area contributed by atoms with E-state index in [0.29, 0.717) is 36.9 Å². The Labute approximate surface area is 171 Å². The van der Waals surface area contributed by atoms with Crippen molar-refractivity contribution in [2.45, 2.75) is 39.3 Å².